The van der Waals surface area contributed by atoms with Crippen LogP contribution in [0.1, 0.15) is 37.9 Å². The molecule has 0 amide bonds. The van der Waals surface area contributed by atoms with E-state index in [9.17, 15) is 0 Å². The highest BCUT2D eigenvalue weighted by Gasteiger charge is 2.18. The van der Waals surface area contributed by atoms with Crippen LogP contribution in [0, 0.1) is 0 Å². The van der Waals surface area contributed by atoms with Gasteiger partial charge in [0.1, 0.15) is 0 Å². The summed E-state index contributed by atoms with van der Waals surface area (Å²) >= 11 is 0. The van der Waals surface area contributed by atoms with E-state index in [1.54, 1.807) is 7.11 Å². The second-order valence-electron chi connectivity index (χ2n) is 5.91. The summed E-state index contributed by atoms with van der Waals surface area (Å²) in [6, 6.07) is 8.31. The van der Waals surface area contributed by atoms with Crippen LogP contribution in [0.4, 0.5) is 5.95 Å². The van der Waals surface area contributed by atoms with E-state index in [2.05, 4.69) is 34.3 Å². The van der Waals surface area contributed by atoms with Gasteiger partial charge in [-0.3, -0.25) is 0 Å². The molecule has 1 aromatic carbocycles. The highest BCUT2D eigenvalue weighted by atomic mass is 16.5. The van der Waals surface area contributed by atoms with Crippen molar-refractivity contribution in [2.45, 2.75) is 32.3 Å². The van der Waals surface area contributed by atoms with E-state index >= 15 is 0 Å². The molecule has 0 saturated carbocycles. The Morgan fingerprint density at radius 1 is 1.09 bits per heavy atom. The van der Waals surface area contributed by atoms with E-state index in [0.29, 0.717) is 0 Å². The molecule has 3 rings (SSSR count). The van der Waals surface area contributed by atoms with Crippen molar-refractivity contribution in [2.75, 3.05) is 25.1 Å². The Morgan fingerprint density at radius 2 is 1.77 bits per heavy atom. The van der Waals surface area contributed by atoms with Crippen LogP contribution >= 0.6 is 0 Å². The number of methoxy groups -OCH3 is 1. The van der Waals surface area contributed by atoms with Gasteiger partial charge in [0.05, 0.1) is 6.10 Å². The number of hydrogen-bond acceptors (Lipinski definition) is 4. The van der Waals surface area contributed by atoms with Gasteiger partial charge < -0.3 is 9.64 Å². The van der Waals surface area contributed by atoms with Crippen molar-refractivity contribution in [1.82, 2.24) is 14.8 Å². The Balaban J connectivity index is 1.83. The number of piperidine rings is 1. The van der Waals surface area contributed by atoms with Crippen molar-refractivity contribution in [1.29, 1.82) is 0 Å². The summed E-state index contributed by atoms with van der Waals surface area (Å²) in [5, 5.41) is 4.58. The van der Waals surface area contributed by atoms with Gasteiger partial charge in [-0.1, -0.05) is 24.3 Å². The van der Waals surface area contributed by atoms with Crippen LogP contribution in [0.3, 0.4) is 0 Å². The van der Waals surface area contributed by atoms with E-state index in [-0.39, 0.29) is 6.10 Å². The number of rotatable bonds is 4. The Hall–Kier alpha value is -1.88. The summed E-state index contributed by atoms with van der Waals surface area (Å²) in [5.41, 5.74) is 2.21. The standard InChI is InChI=1S/C17H24N4O/c1-13(22-3)14-7-9-15(10-8-14)16-18-17(20(2)19-16)21-11-5-4-6-12-21/h7-10,13H,4-6,11-12H2,1-3H3/t13-/m1/s1. The molecule has 2 heterocycles. The first kappa shape index (κ1) is 15.0. The van der Waals surface area contributed by atoms with Gasteiger partial charge in [0, 0.05) is 32.8 Å². The zero-order valence-electron chi connectivity index (χ0n) is 13.6. The first-order chi connectivity index (χ1) is 10.7. The summed E-state index contributed by atoms with van der Waals surface area (Å²) in [5.74, 6) is 1.77. The largest absolute Gasteiger partial charge is 0.377 e. The highest BCUT2D eigenvalue weighted by molar-refractivity contribution is 5.57. The summed E-state index contributed by atoms with van der Waals surface area (Å²) < 4.78 is 7.24. The molecule has 2 aromatic rings. The molecule has 0 spiro atoms. The molecule has 0 bridgehead atoms. The van der Waals surface area contributed by atoms with E-state index < -0.39 is 0 Å². The number of aromatic nitrogens is 3. The first-order valence-electron chi connectivity index (χ1n) is 7.98. The minimum Gasteiger partial charge on any atom is -0.377 e. The van der Waals surface area contributed by atoms with Crippen LogP contribution in [-0.4, -0.2) is 35.0 Å². The predicted molar refractivity (Wildman–Crippen MR) is 87.9 cm³/mol. The molecule has 22 heavy (non-hydrogen) atoms. The van der Waals surface area contributed by atoms with Crippen molar-refractivity contribution in [3.8, 4) is 11.4 Å². The molecule has 5 nitrogen and oxygen atoms in total. The van der Waals surface area contributed by atoms with E-state index in [4.69, 9.17) is 9.72 Å². The van der Waals surface area contributed by atoms with Gasteiger partial charge in [0.15, 0.2) is 5.82 Å². The number of ether oxygens (including phenoxy) is 1. The maximum absolute atomic E-state index is 5.34. The third-order valence-corrected chi connectivity index (χ3v) is 4.37. The van der Waals surface area contributed by atoms with Crippen molar-refractivity contribution >= 4 is 5.95 Å². The summed E-state index contributed by atoms with van der Waals surface area (Å²) in [4.78, 5) is 7.08. The van der Waals surface area contributed by atoms with Gasteiger partial charge in [-0.25, -0.2) is 4.68 Å². The van der Waals surface area contributed by atoms with Crippen LogP contribution < -0.4 is 4.90 Å². The molecule has 1 atom stereocenters. The molecular formula is C17H24N4O. The quantitative estimate of drug-likeness (QED) is 0.870. The lowest BCUT2D eigenvalue weighted by atomic mass is 10.1. The van der Waals surface area contributed by atoms with Crippen LogP contribution in [0.5, 0.6) is 0 Å². The Bertz CT molecular complexity index is 614. The minimum absolute atomic E-state index is 0.106. The Morgan fingerprint density at radius 3 is 2.41 bits per heavy atom. The monoisotopic (exact) mass is 300 g/mol. The molecule has 1 saturated heterocycles. The zero-order chi connectivity index (χ0) is 15.5. The van der Waals surface area contributed by atoms with Gasteiger partial charge in [0.2, 0.25) is 5.95 Å². The number of nitrogens with zero attached hydrogens (tertiary/aromatic N) is 4. The topological polar surface area (TPSA) is 43.2 Å². The molecule has 1 aromatic heterocycles. The smallest absolute Gasteiger partial charge is 0.224 e. The number of benzene rings is 1. The maximum Gasteiger partial charge on any atom is 0.224 e. The lowest BCUT2D eigenvalue weighted by Crippen LogP contribution is -2.31. The molecule has 0 unspecified atom stereocenters. The number of aryl methyl sites for hydroxylation is 1. The van der Waals surface area contributed by atoms with Gasteiger partial charge in [0.25, 0.3) is 0 Å². The minimum atomic E-state index is 0.106. The van der Waals surface area contributed by atoms with Crippen LogP contribution in [-0.2, 0) is 11.8 Å². The average molecular weight is 300 g/mol. The molecule has 1 fully saturated rings. The second-order valence-corrected chi connectivity index (χ2v) is 5.91. The fourth-order valence-corrected chi connectivity index (χ4v) is 2.91. The van der Waals surface area contributed by atoms with Crippen molar-refractivity contribution in [3.63, 3.8) is 0 Å². The molecule has 5 heteroatoms. The lowest BCUT2D eigenvalue weighted by molar-refractivity contribution is 0.119. The fraction of sp³-hybridized carbons (Fsp3) is 0.529. The molecule has 0 N–H and O–H groups in total. The fourth-order valence-electron chi connectivity index (χ4n) is 2.91. The molecule has 0 aliphatic carbocycles. The predicted octanol–water partition coefficient (Wildman–Crippen LogP) is 3.18. The SMILES string of the molecule is CO[C@H](C)c1ccc(-c2nc(N3CCCCC3)n(C)n2)cc1. The van der Waals surface area contributed by atoms with Gasteiger partial charge in [-0.15, -0.1) is 5.10 Å². The van der Waals surface area contributed by atoms with Crippen LogP contribution in [0.15, 0.2) is 24.3 Å². The third-order valence-electron chi connectivity index (χ3n) is 4.37. The summed E-state index contributed by atoms with van der Waals surface area (Å²) in [7, 11) is 3.70. The van der Waals surface area contributed by atoms with E-state index in [0.717, 1.165) is 30.4 Å². The zero-order valence-corrected chi connectivity index (χ0v) is 13.6. The van der Waals surface area contributed by atoms with Crippen molar-refractivity contribution in [2.24, 2.45) is 7.05 Å². The normalized spacial score (nSPS) is 16.8. The number of hydrogen-bond donors (Lipinski definition) is 0. The van der Waals surface area contributed by atoms with E-state index in [1.165, 1.54) is 24.8 Å². The first-order valence-corrected chi connectivity index (χ1v) is 7.98. The van der Waals surface area contributed by atoms with E-state index in [1.807, 2.05) is 18.7 Å². The molecule has 1 aliphatic rings. The van der Waals surface area contributed by atoms with Crippen molar-refractivity contribution < 1.29 is 4.74 Å². The summed E-state index contributed by atoms with van der Waals surface area (Å²) in [6.07, 6.45) is 3.91. The lowest BCUT2D eigenvalue weighted by Gasteiger charge is -2.26. The average Bonchev–Trinajstić information content (AvgIpc) is 2.97. The molecule has 118 valence electrons. The van der Waals surface area contributed by atoms with Crippen LogP contribution in [0.2, 0.25) is 0 Å². The second kappa shape index (κ2) is 6.48. The number of anilines is 1. The molecular weight excluding hydrogens is 276 g/mol. The molecule has 1 aliphatic heterocycles. The Labute approximate surface area is 131 Å². The van der Waals surface area contributed by atoms with Gasteiger partial charge >= 0.3 is 0 Å². The van der Waals surface area contributed by atoms with Gasteiger partial charge in [-0.2, -0.15) is 4.98 Å². The highest BCUT2D eigenvalue weighted by Crippen LogP contribution is 2.24. The summed E-state index contributed by atoms with van der Waals surface area (Å²) in [6.45, 7) is 4.20. The Kier molecular flexibility index (Phi) is 4.43. The third kappa shape index (κ3) is 2.99. The van der Waals surface area contributed by atoms with Crippen molar-refractivity contribution in [3.05, 3.63) is 29.8 Å². The molecule has 0 radical (unpaired) electrons. The van der Waals surface area contributed by atoms with Crippen LogP contribution in [0.25, 0.3) is 11.4 Å². The maximum atomic E-state index is 5.34. The van der Waals surface area contributed by atoms with Gasteiger partial charge in [-0.05, 0) is 31.7 Å².